The Hall–Kier alpha value is -0.570. The Bertz CT molecular complexity index is 180. The Morgan fingerprint density at radius 1 is 1.38 bits per heavy atom. The molecule has 0 unspecified atom stereocenters. The maximum atomic E-state index is 11.6. The van der Waals surface area contributed by atoms with Crippen LogP contribution in [0.1, 0.15) is 20.3 Å². The number of hydrogen-bond acceptors (Lipinski definition) is 2. The van der Waals surface area contributed by atoms with E-state index in [1.807, 2.05) is 11.9 Å². The third kappa shape index (κ3) is 3.35. The fraction of sp³-hybridized carbons (Fsp3) is 0.900. The third-order valence-electron chi connectivity index (χ3n) is 2.31. The lowest BCUT2D eigenvalue weighted by Gasteiger charge is -2.22. The molecule has 3 nitrogen and oxygen atoms in total. The van der Waals surface area contributed by atoms with Crippen LogP contribution in [0.3, 0.4) is 0 Å². The zero-order valence-corrected chi connectivity index (χ0v) is 8.92. The highest BCUT2D eigenvalue weighted by Gasteiger charge is 2.19. The van der Waals surface area contributed by atoms with Crippen molar-refractivity contribution in [3.05, 3.63) is 0 Å². The van der Waals surface area contributed by atoms with Crippen molar-refractivity contribution < 1.29 is 4.79 Å². The van der Waals surface area contributed by atoms with Crippen LogP contribution >= 0.6 is 0 Å². The second-order valence-electron chi connectivity index (χ2n) is 4.32. The van der Waals surface area contributed by atoms with E-state index in [2.05, 4.69) is 18.7 Å². The maximum absolute atomic E-state index is 11.6. The van der Waals surface area contributed by atoms with Gasteiger partial charge in [-0.25, -0.2) is 0 Å². The monoisotopic (exact) mass is 184 g/mol. The highest BCUT2D eigenvalue weighted by atomic mass is 16.2. The highest BCUT2D eigenvalue weighted by Crippen LogP contribution is 2.05. The number of nitrogens with zero attached hydrogens (tertiary/aromatic N) is 2. The van der Waals surface area contributed by atoms with E-state index in [9.17, 15) is 4.79 Å². The second kappa shape index (κ2) is 4.61. The molecule has 1 fully saturated rings. The molecule has 0 saturated carbocycles. The third-order valence-corrected chi connectivity index (χ3v) is 2.31. The molecule has 1 rings (SSSR count). The second-order valence-corrected chi connectivity index (χ2v) is 4.32. The van der Waals surface area contributed by atoms with Crippen molar-refractivity contribution in [2.24, 2.45) is 5.92 Å². The molecule has 1 amide bonds. The number of hydrogen-bond donors (Lipinski definition) is 0. The van der Waals surface area contributed by atoms with E-state index in [4.69, 9.17) is 0 Å². The molecule has 1 saturated heterocycles. The van der Waals surface area contributed by atoms with Gasteiger partial charge in [0.15, 0.2) is 0 Å². The summed E-state index contributed by atoms with van der Waals surface area (Å²) in [4.78, 5) is 15.7. The SMILES string of the molecule is CC(C)CN1CCCN(C)CC1=O. The standard InChI is InChI=1S/C10H20N2O/c1-9(2)7-12-6-4-5-11(3)8-10(12)13/h9H,4-8H2,1-3H3. The van der Waals surface area contributed by atoms with Crippen molar-refractivity contribution in [2.45, 2.75) is 20.3 Å². The van der Waals surface area contributed by atoms with E-state index in [0.717, 1.165) is 26.1 Å². The number of amides is 1. The fourth-order valence-corrected chi connectivity index (χ4v) is 1.70. The quantitative estimate of drug-likeness (QED) is 0.634. The lowest BCUT2D eigenvalue weighted by molar-refractivity contribution is -0.131. The summed E-state index contributed by atoms with van der Waals surface area (Å²) in [6.45, 7) is 7.78. The van der Waals surface area contributed by atoms with Gasteiger partial charge in [-0.2, -0.15) is 0 Å². The lowest BCUT2D eigenvalue weighted by Crippen LogP contribution is -2.37. The summed E-state index contributed by atoms with van der Waals surface area (Å²) in [5.41, 5.74) is 0. The van der Waals surface area contributed by atoms with Gasteiger partial charge < -0.3 is 4.90 Å². The minimum atomic E-state index is 0.286. The topological polar surface area (TPSA) is 23.6 Å². The minimum Gasteiger partial charge on any atom is -0.341 e. The maximum Gasteiger partial charge on any atom is 0.236 e. The minimum absolute atomic E-state index is 0.286. The van der Waals surface area contributed by atoms with Crippen LogP contribution in [-0.4, -0.2) is 48.9 Å². The molecule has 1 aliphatic rings. The van der Waals surface area contributed by atoms with Gasteiger partial charge in [-0.3, -0.25) is 9.69 Å². The lowest BCUT2D eigenvalue weighted by atomic mass is 10.2. The Balaban J connectivity index is 2.48. The molecule has 0 atom stereocenters. The molecule has 0 aromatic carbocycles. The van der Waals surface area contributed by atoms with Crippen LogP contribution in [0, 0.1) is 5.92 Å². The molecule has 0 spiro atoms. The van der Waals surface area contributed by atoms with Crippen LogP contribution in [0.15, 0.2) is 0 Å². The fourth-order valence-electron chi connectivity index (χ4n) is 1.70. The zero-order chi connectivity index (χ0) is 9.84. The van der Waals surface area contributed by atoms with Crippen molar-refractivity contribution in [3.8, 4) is 0 Å². The van der Waals surface area contributed by atoms with E-state index < -0.39 is 0 Å². The van der Waals surface area contributed by atoms with Gasteiger partial charge in [0.2, 0.25) is 5.91 Å². The predicted molar refractivity (Wildman–Crippen MR) is 53.5 cm³/mol. The van der Waals surface area contributed by atoms with Gasteiger partial charge >= 0.3 is 0 Å². The van der Waals surface area contributed by atoms with Crippen LogP contribution in [0.25, 0.3) is 0 Å². The predicted octanol–water partition coefficient (Wildman–Crippen LogP) is 0.806. The molecule has 0 aromatic heterocycles. The summed E-state index contributed by atoms with van der Waals surface area (Å²) in [6.07, 6.45) is 1.11. The molecule has 1 heterocycles. The first-order chi connectivity index (χ1) is 6.09. The van der Waals surface area contributed by atoms with E-state index in [-0.39, 0.29) is 5.91 Å². The van der Waals surface area contributed by atoms with Crippen LogP contribution in [0.4, 0.5) is 0 Å². The molecule has 0 bridgehead atoms. The zero-order valence-electron chi connectivity index (χ0n) is 8.92. The van der Waals surface area contributed by atoms with Crippen molar-refractivity contribution in [3.63, 3.8) is 0 Å². The molecule has 13 heavy (non-hydrogen) atoms. The highest BCUT2D eigenvalue weighted by molar-refractivity contribution is 5.78. The number of carbonyl (C=O) groups excluding carboxylic acids is 1. The van der Waals surface area contributed by atoms with Gasteiger partial charge in [0.05, 0.1) is 6.54 Å². The molecule has 3 heteroatoms. The molecular formula is C10H20N2O. The molecule has 0 N–H and O–H groups in total. The first-order valence-electron chi connectivity index (χ1n) is 5.06. The van der Waals surface area contributed by atoms with Gasteiger partial charge in [0.25, 0.3) is 0 Å². The summed E-state index contributed by atoms with van der Waals surface area (Å²) in [6, 6.07) is 0. The Labute approximate surface area is 80.7 Å². The van der Waals surface area contributed by atoms with E-state index in [1.54, 1.807) is 0 Å². The molecular weight excluding hydrogens is 164 g/mol. The normalized spacial score (nSPS) is 20.9. The van der Waals surface area contributed by atoms with Gasteiger partial charge in [-0.05, 0) is 19.4 Å². The molecule has 0 aliphatic carbocycles. The molecule has 1 aliphatic heterocycles. The summed E-state index contributed by atoms with van der Waals surface area (Å²) in [7, 11) is 2.01. The average Bonchev–Trinajstić information content (AvgIpc) is 2.13. The molecule has 0 aromatic rings. The first kappa shape index (κ1) is 10.5. The number of rotatable bonds is 2. The van der Waals surface area contributed by atoms with Crippen molar-refractivity contribution in [1.29, 1.82) is 0 Å². The first-order valence-corrected chi connectivity index (χ1v) is 5.06. The van der Waals surface area contributed by atoms with Crippen molar-refractivity contribution >= 4 is 5.91 Å². The van der Waals surface area contributed by atoms with Crippen LogP contribution in [-0.2, 0) is 4.79 Å². The Morgan fingerprint density at radius 3 is 2.69 bits per heavy atom. The van der Waals surface area contributed by atoms with E-state index in [1.165, 1.54) is 0 Å². The number of carbonyl (C=O) groups is 1. The Kier molecular flexibility index (Phi) is 3.72. The summed E-state index contributed by atoms with van der Waals surface area (Å²) < 4.78 is 0. The van der Waals surface area contributed by atoms with Crippen molar-refractivity contribution in [2.75, 3.05) is 33.2 Å². The van der Waals surface area contributed by atoms with Crippen LogP contribution in [0.2, 0.25) is 0 Å². The van der Waals surface area contributed by atoms with Gasteiger partial charge in [-0.1, -0.05) is 13.8 Å². The van der Waals surface area contributed by atoms with Crippen LogP contribution in [0.5, 0.6) is 0 Å². The smallest absolute Gasteiger partial charge is 0.236 e. The van der Waals surface area contributed by atoms with E-state index in [0.29, 0.717) is 12.5 Å². The Morgan fingerprint density at radius 2 is 2.08 bits per heavy atom. The molecule has 0 radical (unpaired) electrons. The largest absolute Gasteiger partial charge is 0.341 e. The van der Waals surface area contributed by atoms with E-state index >= 15 is 0 Å². The van der Waals surface area contributed by atoms with Crippen LogP contribution < -0.4 is 0 Å². The van der Waals surface area contributed by atoms with Gasteiger partial charge in [0, 0.05) is 19.6 Å². The van der Waals surface area contributed by atoms with Crippen molar-refractivity contribution in [1.82, 2.24) is 9.80 Å². The van der Waals surface area contributed by atoms with Gasteiger partial charge in [0.1, 0.15) is 0 Å². The average molecular weight is 184 g/mol. The molecule has 76 valence electrons. The summed E-state index contributed by atoms with van der Waals surface area (Å²) in [5.74, 6) is 0.862. The summed E-state index contributed by atoms with van der Waals surface area (Å²) in [5, 5.41) is 0. The number of likely N-dealkylation sites (N-methyl/N-ethyl adjacent to an activating group) is 1. The summed E-state index contributed by atoms with van der Waals surface area (Å²) >= 11 is 0. The van der Waals surface area contributed by atoms with Gasteiger partial charge in [-0.15, -0.1) is 0 Å².